The first-order chi connectivity index (χ1) is 9.67. The third kappa shape index (κ3) is 4.02. The minimum absolute atomic E-state index is 0. The van der Waals surface area contributed by atoms with Gasteiger partial charge in [0.2, 0.25) is 0 Å². The Labute approximate surface area is 132 Å². The second-order valence-corrected chi connectivity index (χ2v) is 4.96. The Morgan fingerprint density at radius 1 is 1.24 bits per heavy atom. The van der Waals surface area contributed by atoms with E-state index in [2.05, 4.69) is 5.32 Å². The Hall–Kier alpha value is -1.46. The largest absolute Gasteiger partial charge is 0.497 e. The first-order valence-electron chi connectivity index (χ1n) is 6.87. The number of carbonyl (C=O) groups excluding carboxylic acids is 1. The van der Waals surface area contributed by atoms with Crippen LogP contribution in [0.4, 0.5) is 0 Å². The summed E-state index contributed by atoms with van der Waals surface area (Å²) in [5, 5.41) is 3.31. The van der Waals surface area contributed by atoms with Crippen LogP contribution in [0.2, 0.25) is 0 Å². The fourth-order valence-electron chi connectivity index (χ4n) is 2.53. The molecule has 5 nitrogen and oxygen atoms in total. The van der Waals surface area contributed by atoms with Gasteiger partial charge in [0.1, 0.15) is 11.5 Å². The zero-order valence-electron chi connectivity index (χ0n) is 12.7. The summed E-state index contributed by atoms with van der Waals surface area (Å²) in [6.07, 6.45) is 1.96. The number of methoxy groups -OCH3 is 2. The molecule has 0 unspecified atom stereocenters. The first kappa shape index (κ1) is 17.6. The lowest BCUT2D eigenvalue weighted by molar-refractivity contribution is 0.0699. The molecule has 1 aromatic rings. The number of rotatable bonds is 4. The molecule has 2 rings (SSSR count). The van der Waals surface area contributed by atoms with Crippen LogP contribution < -0.4 is 14.8 Å². The van der Waals surface area contributed by atoms with E-state index < -0.39 is 0 Å². The Kier molecular flexibility index (Phi) is 6.78. The van der Waals surface area contributed by atoms with E-state index in [4.69, 9.17) is 9.47 Å². The lowest BCUT2D eigenvalue weighted by Crippen LogP contribution is -2.44. The fraction of sp³-hybridized carbons (Fsp3) is 0.533. The summed E-state index contributed by atoms with van der Waals surface area (Å²) in [6, 6.07) is 5.57. The molecule has 0 radical (unpaired) electrons. The predicted molar refractivity (Wildman–Crippen MR) is 84.8 cm³/mol. The number of nitrogens with zero attached hydrogens (tertiary/aromatic N) is 1. The van der Waals surface area contributed by atoms with E-state index in [0.717, 1.165) is 25.9 Å². The molecule has 0 aromatic heterocycles. The number of ether oxygens (including phenoxy) is 2. The zero-order chi connectivity index (χ0) is 14.5. The topological polar surface area (TPSA) is 50.8 Å². The normalized spacial score (nSPS) is 15.0. The van der Waals surface area contributed by atoms with Gasteiger partial charge in [-0.2, -0.15) is 0 Å². The van der Waals surface area contributed by atoms with Gasteiger partial charge >= 0.3 is 0 Å². The van der Waals surface area contributed by atoms with E-state index in [-0.39, 0.29) is 24.4 Å². The summed E-state index contributed by atoms with van der Waals surface area (Å²) >= 11 is 0. The summed E-state index contributed by atoms with van der Waals surface area (Å²) in [4.78, 5) is 14.5. The lowest BCUT2D eigenvalue weighted by Gasteiger charge is -2.32. The monoisotopic (exact) mass is 314 g/mol. The summed E-state index contributed by atoms with van der Waals surface area (Å²) in [6.45, 7) is 1.91. The quantitative estimate of drug-likeness (QED) is 0.923. The number of halogens is 1. The van der Waals surface area contributed by atoms with E-state index in [1.165, 1.54) is 0 Å². The molecular weight excluding hydrogens is 292 g/mol. The molecule has 1 saturated heterocycles. The molecular formula is C15H23ClN2O3. The van der Waals surface area contributed by atoms with E-state index in [1.54, 1.807) is 32.4 Å². The number of carbonyl (C=O) groups is 1. The molecule has 1 N–H and O–H groups in total. The molecule has 6 heteroatoms. The zero-order valence-corrected chi connectivity index (χ0v) is 13.5. The Morgan fingerprint density at radius 2 is 1.90 bits per heavy atom. The van der Waals surface area contributed by atoms with Gasteiger partial charge in [0, 0.05) is 13.1 Å². The van der Waals surface area contributed by atoms with Crippen molar-refractivity contribution < 1.29 is 14.3 Å². The van der Waals surface area contributed by atoms with Crippen molar-refractivity contribution in [2.45, 2.75) is 18.9 Å². The average Bonchev–Trinajstić information content (AvgIpc) is 2.53. The smallest absolute Gasteiger partial charge is 0.257 e. The van der Waals surface area contributed by atoms with Gasteiger partial charge in [-0.05, 0) is 44.1 Å². The number of amides is 1. The van der Waals surface area contributed by atoms with Crippen LogP contribution in [0.3, 0.4) is 0 Å². The molecule has 1 aromatic carbocycles. The second kappa shape index (κ2) is 8.10. The van der Waals surface area contributed by atoms with Gasteiger partial charge in [0.15, 0.2) is 0 Å². The van der Waals surface area contributed by atoms with Crippen molar-refractivity contribution in [3.63, 3.8) is 0 Å². The van der Waals surface area contributed by atoms with Gasteiger partial charge in [0.25, 0.3) is 5.91 Å². The van der Waals surface area contributed by atoms with Crippen LogP contribution in [0.15, 0.2) is 18.2 Å². The second-order valence-electron chi connectivity index (χ2n) is 4.96. The van der Waals surface area contributed by atoms with Crippen LogP contribution >= 0.6 is 12.4 Å². The minimum atomic E-state index is -0.0207. The SMILES string of the molecule is COc1ccc(OC)c(C(=O)N(C)C2CCNCC2)c1.Cl. The summed E-state index contributed by atoms with van der Waals surface area (Å²) in [5.74, 6) is 1.22. The van der Waals surface area contributed by atoms with E-state index in [1.807, 2.05) is 11.9 Å². The molecule has 21 heavy (non-hydrogen) atoms. The summed E-state index contributed by atoms with van der Waals surface area (Å²) in [5.41, 5.74) is 0.549. The van der Waals surface area contributed by atoms with Gasteiger partial charge < -0.3 is 19.7 Å². The number of hydrogen-bond donors (Lipinski definition) is 1. The molecule has 0 saturated carbocycles. The van der Waals surface area contributed by atoms with Crippen molar-refractivity contribution in [1.29, 1.82) is 0 Å². The minimum Gasteiger partial charge on any atom is -0.497 e. The molecule has 118 valence electrons. The number of piperidine rings is 1. The highest BCUT2D eigenvalue weighted by molar-refractivity contribution is 5.97. The third-order valence-electron chi connectivity index (χ3n) is 3.81. The standard InChI is InChI=1S/C15H22N2O3.ClH/c1-17(11-6-8-16-9-7-11)15(18)13-10-12(19-2)4-5-14(13)20-3;/h4-5,10-11,16H,6-9H2,1-3H3;1H. The van der Waals surface area contributed by atoms with Crippen molar-refractivity contribution in [3.05, 3.63) is 23.8 Å². The predicted octanol–water partition coefficient (Wildman–Crippen LogP) is 1.95. The highest BCUT2D eigenvalue weighted by Gasteiger charge is 2.25. The maximum atomic E-state index is 12.7. The van der Waals surface area contributed by atoms with Crippen molar-refractivity contribution in [2.75, 3.05) is 34.4 Å². The Balaban J connectivity index is 0.00000220. The van der Waals surface area contributed by atoms with Crippen molar-refractivity contribution in [1.82, 2.24) is 10.2 Å². The highest BCUT2D eigenvalue weighted by atomic mass is 35.5. The summed E-state index contributed by atoms with van der Waals surface area (Å²) < 4.78 is 10.5. The molecule has 1 aliphatic heterocycles. The van der Waals surface area contributed by atoms with Crippen LogP contribution in [0.1, 0.15) is 23.2 Å². The van der Waals surface area contributed by atoms with E-state index >= 15 is 0 Å². The van der Waals surface area contributed by atoms with E-state index in [0.29, 0.717) is 17.1 Å². The highest BCUT2D eigenvalue weighted by Crippen LogP contribution is 2.26. The molecule has 1 heterocycles. The molecule has 1 aliphatic rings. The van der Waals surface area contributed by atoms with E-state index in [9.17, 15) is 4.79 Å². The fourth-order valence-corrected chi connectivity index (χ4v) is 2.53. The van der Waals surface area contributed by atoms with Gasteiger partial charge in [-0.1, -0.05) is 0 Å². The average molecular weight is 315 g/mol. The molecule has 1 amide bonds. The molecule has 0 spiro atoms. The van der Waals surface area contributed by atoms with Crippen LogP contribution in [-0.4, -0.2) is 51.2 Å². The maximum Gasteiger partial charge on any atom is 0.257 e. The molecule has 0 atom stereocenters. The Morgan fingerprint density at radius 3 is 2.48 bits per heavy atom. The maximum absolute atomic E-state index is 12.7. The van der Waals surface area contributed by atoms with Crippen LogP contribution in [-0.2, 0) is 0 Å². The van der Waals surface area contributed by atoms with Crippen molar-refractivity contribution in [3.8, 4) is 11.5 Å². The molecule has 1 fully saturated rings. The Bertz CT molecular complexity index is 476. The van der Waals surface area contributed by atoms with Crippen LogP contribution in [0.25, 0.3) is 0 Å². The molecule has 0 bridgehead atoms. The van der Waals surface area contributed by atoms with Crippen LogP contribution in [0.5, 0.6) is 11.5 Å². The van der Waals surface area contributed by atoms with Crippen molar-refractivity contribution >= 4 is 18.3 Å². The van der Waals surface area contributed by atoms with Gasteiger partial charge in [0.05, 0.1) is 19.8 Å². The lowest BCUT2D eigenvalue weighted by atomic mass is 10.0. The number of benzene rings is 1. The van der Waals surface area contributed by atoms with Gasteiger partial charge in [-0.3, -0.25) is 4.79 Å². The third-order valence-corrected chi connectivity index (χ3v) is 3.81. The number of nitrogens with one attached hydrogen (secondary N) is 1. The molecule has 0 aliphatic carbocycles. The van der Waals surface area contributed by atoms with Crippen molar-refractivity contribution in [2.24, 2.45) is 0 Å². The van der Waals surface area contributed by atoms with Crippen LogP contribution in [0, 0.1) is 0 Å². The van der Waals surface area contributed by atoms with Gasteiger partial charge in [-0.25, -0.2) is 0 Å². The first-order valence-corrected chi connectivity index (χ1v) is 6.87. The van der Waals surface area contributed by atoms with Gasteiger partial charge in [-0.15, -0.1) is 12.4 Å². The summed E-state index contributed by atoms with van der Waals surface area (Å²) in [7, 11) is 5.02. The number of hydrogen-bond acceptors (Lipinski definition) is 4.